The Hall–Kier alpha value is -1.91. The van der Waals surface area contributed by atoms with E-state index in [1.807, 2.05) is 54.6 Å². The first-order chi connectivity index (χ1) is 9.24. The molecule has 5 heteroatoms. The summed E-state index contributed by atoms with van der Waals surface area (Å²) in [5.74, 6) is 0. The number of halogens is 1. The SMILES string of the molecule is S=C(N[NH+]=Cc1cccc(Cl)c1)Nc1ccccc1. The van der Waals surface area contributed by atoms with Crippen LogP contribution in [0.15, 0.2) is 54.6 Å². The maximum atomic E-state index is 5.89. The molecule has 0 atom stereocenters. The lowest BCUT2D eigenvalue weighted by Gasteiger charge is -2.03. The van der Waals surface area contributed by atoms with Gasteiger partial charge in [-0.1, -0.05) is 35.9 Å². The van der Waals surface area contributed by atoms with Gasteiger partial charge >= 0.3 is 0 Å². The number of rotatable bonds is 3. The van der Waals surface area contributed by atoms with E-state index in [9.17, 15) is 0 Å². The second-order valence-corrected chi connectivity index (χ2v) is 4.63. The number of anilines is 1. The van der Waals surface area contributed by atoms with Crippen molar-refractivity contribution in [1.82, 2.24) is 5.43 Å². The Labute approximate surface area is 122 Å². The minimum Gasteiger partial charge on any atom is -0.328 e. The summed E-state index contributed by atoms with van der Waals surface area (Å²) in [6, 6.07) is 17.2. The second kappa shape index (κ2) is 6.87. The predicted octanol–water partition coefficient (Wildman–Crippen LogP) is 1.74. The van der Waals surface area contributed by atoms with Gasteiger partial charge in [-0.3, -0.25) is 0 Å². The predicted molar refractivity (Wildman–Crippen MR) is 83.4 cm³/mol. The summed E-state index contributed by atoms with van der Waals surface area (Å²) in [7, 11) is 0. The first kappa shape index (κ1) is 13.5. The van der Waals surface area contributed by atoms with Crippen LogP contribution in [-0.2, 0) is 0 Å². The van der Waals surface area contributed by atoms with Gasteiger partial charge in [-0.15, -0.1) is 10.5 Å². The Morgan fingerprint density at radius 3 is 2.63 bits per heavy atom. The van der Waals surface area contributed by atoms with Crippen LogP contribution in [0.1, 0.15) is 5.56 Å². The third-order valence-electron chi connectivity index (χ3n) is 2.30. The zero-order valence-electron chi connectivity index (χ0n) is 10.1. The molecule has 0 spiro atoms. The van der Waals surface area contributed by atoms with E-state index < -0.39 is 0 Å². The van der Waals surface area contributed by atoms with Gasteiger partial charge in [0.2, 0.25) is 5.11 Å². The molecule has 0 amide bonds. The molecule has 96 valence electrons. The summed E-state index contributed by atoms with van der Waals surface area (Å²) in [5.41, 5.74) is 4.77. The Balaban J connectivity index is 1.87. The summed E-state index contributed by atoms with van der Waals surface area (Å²) < 4.78 is 0. The van der Waals surface area contributed by atoms with E-state index in [-0.39, 0.29) is 0 Å². The van der Waals surface area contributed by atoms with Crippen LogP contribution in [0.5, 0.6) is 0 Å². The molecule has 0 bridgehead atoms. The van der Waals surface area contributed by atoms with Crippen molar-refractivity contribution in [3.8, 4) is 0 Å². The lowest BCUT2D eigenvalue weighted by atomic mass is 10.2. The first-order valence-electron chi connectivity index (χ1n) is 5.70. The van der Waals surface area contributed by atoms with Crippen molar-refractivity contribution in [2.45, 2.75) is 0 Å². The lowest BCUT2D eigenvalue weighted by molar-refractivity contribution is -0.499. The van der Waals surface area contributed by atoms with Gasteiger partial charge in [-0.05, 0) is 42.5 Å². The molecule has 3 nitrogen and oxygen atoms in total. The maximum absolute atomic E-state index is 5.89. The third kappa shape index (κ3) is 4.69. The molecule has 0 radical (unpaired) electrons. The fourth-order valence-electron chi connectivity index (χ4n) is 1.47. The number of hydrazone groups is 1. The van der Waals surface area contributed by atoms with E-state index in [4.69, 9.17) is 23.8 Å². The van der Waals surface area contributed by atoms with Crippen molar-refractivity contribution in [2.24, 2.45) is 0 Å². The van der Waals surface area contributed by atoms with Gasteiger partial charge < -0.3 is 5.32 Å². The van der Waals surface area contributed by atoms with E-state index in [1.54, 1.807) is 6.21 Å². The lowest BCUT2D eigenvalue weighted by Crippen LogP contribution is -2.82. The van der Waals surface area contributed by atoms with Gasteiger partial charge in [0.15, 0.2) is 6.21 Å². The summed E-state index contributed by atoms with van der Waals surface area (Å²) in [6.45, 7) is 0. The average Bonchev–Trinajstić information content (AvgIpc) is 2.40. The molecule has 0 aliphatic rings. The highest BCUT2D eigenvalue weighted by Crippen LogP contribution is 2.07. The van der Waals surface area contributed by atoms with Gasteiger partial charge in [0.05, 0.1) is 0 Å². The Kier molecular flexibility index (Phi) is 4.89. The second-order valence-electron chi connectivity index (χ2n) is 3.79. The highest BCUT2D eigenvalue weighted by Gasteiger charge is 1.97. The molecule has 19 heavy (non-hydrogen) atoms. The molecule has 0 aliphatic heterocycles. The van der Waals surface area contributed by atoms with Gasteiger partial charge in [-0.2, -0.15) is 0 Å². The third-order valence-corrected chi connectivity index (χ3v) is 2.74. The summed E-state index contributed by atoms with van der Waals surface area (Å²) in [6.07, 6.45) is 1.78. The molecule has 0 saturated heterocycles. The van der Waals surface area contributed by atoms with Crippen LogP contribution in [0.25, 0.3) is 0 Å². The molecule has 2 aromatic rings. The molecular weight excluding hydrogens is 278 g/mol. The molecule has 0 unspecified atom stereocenters. The highest BCUT2D eigenvalue weighted by atomic mass is 35.5. The number of thiocarbonyl (C=S) groups is 1. The van der Waals surface area contributed by atoms with Crippen LogP contribution in [0.2, 0.25) is 5.02 Å². The van der Waals surface area contributed by atoms with Crippen LogP contribution in [0.3, 0.4) is 0 Å². The summed E-state index contributed by atoms with van der Waals surface area (Å²) in [5, 5.41) is 7.15. The smallest absolute Gasteiger partial charge is 0.228 e. The van der Waals surface area contributed by atoms with Crippen LogP contribution in [0, 0.1) is 0 Å². The van der Waals surface area contributed by atoms with Crippen molar-refractivity contribution < 1.29 is 5.10 Å². The Bertz CT molecular complexity index is 584. The van der Waals surface area contributed by atoms with Crippen molar-refractivity contribution in [1.29, 1.82) is 0 Å². The molecule has 0 aromatic heterocycles. The molecule has 0 aliphatic carbocycles. The Morgan fingerprint density at radius 2 is 1.89 bits per heavy atom. The van der Waals surface area contributed by atoms with Crippen molar-refractivity contribution in [2.75, 3.05) is 5.32 Å². The normalized spacial score (nSPS) is 10.4. The monoisotopic (exact) mass is 290 g/mol. The Morgan fingerprint density at radius 1 is 1.11 bits per heavy atom. The average molecular weight is 291 g/mol. The molecule has 0 heterocycles. The van der Waals surface area contributed by atoms with Crippen molar-refractivity contribution in [3.05, 3.63) is 65.2 Å². The quantitative estimate of drug-likeness (QED) is 0.458. The largest absolute Gasteiger partial charge is 0.328 e. The van der Waals surface area contributed by atoms with E-state index in [2.05, 4.69) is 15.8 Å². The van der Waals surface area contributed by atoms with Gasteiger partial charge in [0, 0.05) is 16.3 Å². The summed E-state index contributed by atoms with van der Waals surface area (Å²) >= 11 is 11.0. The molecular formula is C14H13ClN3S+. The minimum absolute atomic E-state index is 0.490. The number of nitrogens with one attached hydrogen (secondary N) is 3. The molecule has 2 rings (SSSR count). The number of para-hydroxylation sites is 1. The molecule has 0 saturated carbocycles. The van der Waals surface area contributed by atoms with E-state index >= 15 is 0 Å². The number of hydrogen-bond donors (Lipinski definition) is 3. The van der Waals surface area contributed by atoms with Crippen molar-refractivity contribution in [3.63, 3.8) is 0 Å². The van der Waals surface area contributed by atoms with Gasteiger partial charge in [-0.25, -0.2) is 0 Å². The van der Waals surface area contributed by atoms with E-state index in [0.717, 1.165) is 11.3 Å². The van der Waals surface area contributed by atoms with Gasteiger partial charge in [0.1, 0.15) is 0 Å². The van der Waals surface area contributed by atoms with E-state index in [1.165, 1.54) is 0 Å². The van der Waals surface area contributed by atoms with Crippen LogP contribution >= 0.6 is 23.8 Å². The zero-order valence-corrected chi connectivity index (χ0v) is 11.6. The zero-order chi connectivity index (χ0) is 13.5. The van der Waals surface area contributed by atoms with Crippen LogP contribution in [-0.4, -0.2) is 11.3 Å². The van der Waals surface area contributed by atoms with Gasteiger partial charge in [0.25, 0.3) is 0 Å². The topological polar surface area (TPSA) is 38.0 Å². The molecule has 2 aromatic carbocycles. The summed E-state index contributed by atoms with van der Waals surface area (Å²) in [4.78, 5) is 0. The highest BCUT2D eigenvalue weighted by molar-refractivity contribution is 7.80. The first-order valence-corrected chi connectivity index (χ1v) is 6.49. The fourth-order valence-corrected chi connectivity index (χ4v) is 1.84. The number of benzene rings is 2. The van der Waals surface area contributed by atoms with Crippen molar-refractivity contribution >= 4 is 40.8 Å². The molecule has 3 N–H and O–H groups in total. The molecule has 0 fully saturated rings. The van der Waals surface area contributed by atoms with Crippen LogP contribution in [0.4, 0.5) is 5.69 Å². The fraction of sp³-hybridized carbons (Fsp3) is 0. The number of hydrogen-bond acceptors (Lipinski definition) is 1. The number of hydrazine groups is 1. The minimum atomic E-state index is 0.490. The van der Waals surface area contributed by atoms with E-state index in [0.29, 0.717) is 10.1 Å². The standard InChI is InChI=1S/C14H12ClN3S/c15-12-6-4-5-11(9-12)10-16-18-14(19)17-13-7-2-1-3-8-13/h1-10H,(H2,17,18,19)/p+1. The van der Waals surface area contributed by atoms with Crippen LogP contribution < -0.4 is 15.8 Å². The maximum Gasteiger partial charge on any atom is 0.228 e.